The van der Waals surface area contributed by atoms with Crippen LogP contribution in [0.1, 0.15) is 19.8 Å². The second-order valence-electron chi connectivity index (χ2n) is 2.99. The first-order valence-electron chi connectivity index (χ1n) is 3.84. The van der Waals surface area contributed by atoms with Crippen LogP contribution in [0.5, 0.6) is 0 Å². The summed E-state index contributed by atoms with van der Waals surface area (Å²) in [6.07, 6.45) is 4.57. The number of rotatable bonds is 5. The molecule has 0 saturated carbocycles. The molecule has 0 fully saturated rings. The van der Waals surface area contributed by atoms with Crippen molar-refractivity contribution in [2.45, 2.75) is 31.4 Å². The largest absolute Gasteiger partial charge is 0.383 e. The number of quaternary nitrogens is 1. The Morgan fingerprint density at radius 3 is 2.00 bits per heavy atom. The molecule has 0 aliphatic carbocycles. The molecular weight excluding hydrogens is 138 g/mol. The summed E-state index contributed by atoms with van der Waals surface area (Å²) in [6.45, 7) is 9.07. The molecule has 0 aromatic rings. The average Bonchev–Trinajstić information content (AvgIpc) is 1.88. The fourth-order valence-electron chi connectivity index (χ4n) is 0.986. The van der Waals surface area contributed by atoms with Crippen molar-refractivity contribution in [3.8, 4) is 0 Å². The molecule has 0 aromatic heterocycles. The normalized spacial score (nSPS) is 14.1. The van der Waals surface area contributed by atoms with Crippen molar-refractivity contribution in [3.63, 3.8) is 0 Å². The average molecular weight is 156 g/mol. The van der Waals surface area contributed by atoms with Crippen molar-refractivity contribution < 1.29 is 10.8 Å². The lowest BCUT2D eigenvalue weighted by atomic mass is 9.89. The molecule has 0 aromatic carbocycles. The van der Waals surface area contributed by atoms with Gasteiger partial charge in [0.15, 0.2) is 0 Å². The molecule has 0 aliphatic heterocycles. The van der Waals surface area contributed by atoms with E-state index < -0.39 is 5.60 Å². The van der Waals surface area contributed by atoms with Gasteiger partial charge in [0.25, 0.3) is 0 Å². The SMILES string of the molecule is C=CCC(O)(CC=C)[C@@H](C)[NH3+]. The Labute approximate surface area is 68.4 Å². The maximum atomic E-state index is 9.88. The molecule has 0 rings (SSSR count). The fourth-order valence-corrected chi connectivity index (χ4v) is 0.986. The van der Waals surface area contributed by atoms with Gasteiger partial charge >= 0.3 is 0 Å². The van der Waals surface area contributed by atoms with Crippen LogP contribution in [-0.4, -0.2) is 16.7 Å². The second kappa shape index (κ2) is 4.31. The fraction of sp³-hybridized carbons (Fsp3) is 0.556. The van der Waals surface area contributed by atoms with Crippen molar-refractivity contribution in [1.29, 1.82) is 0 Å². The van der Waals surface area contributed by atoms with Gasteiger partial charge in [0.2, 0.25) is 0 Å². The predicted molar refractivity (Wildman–Crippen MR) is 46.9 cm³/mol. The van der Waals surface area contributed by atoms with Crippen LogP contribution in [0.4, 0.5) is 0 Å². The lowest BCUT2D eigenvalue weighted by Gasteiger charge is -2.26. The Kier molecular flexibility index (Phi) is 4.08. The van der Waals surface area contributed by atoms with Crippen LogP contribution in [0.3, 0.4) is 0 Å². The minimum atomic E-state index is -0.747. The van der Waals surface area contributed by atoms with Crippen molar-refractivity contribution in [2.75, 3.05) is 0 Å². The summed E-state index contributed by atoms with van der Waals surface area (Å²) in [5, 5.41) is 9.88. The van der Waals surface area contributed by atoms with E-state index in [0.717, 1.165) is 0 Å². The summed E-state index contributed by atoms with van der Waals surface area (Å²) in [5.41, 5.74) is 3.06. The van der Waals surface area contributed by atoms with Gasteiger partial charge < -0.3 is 10.8 Å². The van der Waals surface area contributed by atoms with E-state index in [1.165, 1.54) is 0 Å². The van der Waals surface area contributed by atoms with Gasteiger partial charge in [-0.15, -0.1) is 13.2 Å². The molecule has 1 atom stereocenters. The van der Waals surface area contributed by atoms with E-state index in [-0.39, 0.29) is 6.04 Å². The van der Waals surface area contributed by atoms with E-state index in [0.29, 0.717) is 12.8 Å². The zero-order chi connectivity index (χ0) is 8.91. The summed E-state index contributed by atoms with van der Waals surface area (Å²) in [4.78, 5) is 0. The summed E-state index contributed by atoms with van der Waals surface area (Å²) in [6, 6.07) is -0.00139. The van der Waals surface area contributed by atoms with Crippen molar-refractivity contribution in [2.24, 2.45) is 0 Å². The smallest absolute Gasteiger partial charge is 0.122 e. The Morgan fingerprint density at radius 1 is 1.45 bits per heavy atom. The molecule has 11 heavy (non-hydrogen) atoms. The van der Waals surface area contributed by atoms with E-state index >= 15 is 0 Å². The first kappa shape index (κ1) is 10.4. The zero-order valence-electron chi connectivity index (χ0n) is 7.21. The van der Waals surface area contributed by atoms with Gasteiger partial charge in [0.05, 0.1) is 0 Å². The molecule has 0 saturated heterocycles. The molecule has 2 heteroatoms. The third kappa shape index (κ3) is 2.87. The zero-order valence-corrected chi connectivity index (χ0v) is 7.21. The Hall–Kier alpha value is -0.600. The van der Waals surface area contributed by atoms with Gasteiger partial charge in [-0.2, -0.15) is 0 Å². The quantitative estimate of drug-likeness (QED) is 0.559. The molecule has 64 valence electrons. The summed E-state index contributed by atoms with van der Waals surface area (Å²) >= 11 is 0. The second-order valence-corrected chi connectivity index (χ2v) is 2.99. The molecule has 0 radical (unpaired) electrons. The van der Waals surface area contributed by atoms with Crippen LogP contribution in [-0.2, 0) is 0 Å². The summed E-state index contributed by atoms with van der Waals surface area (Å²) < 4.78 is 0. The minimum absolute atomic E-state index is 0.00139. The molecular formula is C9H18NO+. The van der Waals surface area contributed by atoms with Gasteiger partial charge in [0.1, 0.15) is 11.6 Å². The van der Waals surface area contributed by atoms with Gasteiger partial charge in [0, 0.05) is 0 Å². The number of aliphatic hydroxyl groups is 1. The van der Waals surface area contributed by atoms with Crippen LogP contribution < -0.4 is 5.73 Å². The van der Waals surface area contributed by atoms with E-state index in [4.69, 9.17) is 0 Å². The molecule has 4 N–H and O–H groups in total. The molecule has 0 spiro atoms. The topological polar surface area (TPSA) is 47.9 Å². The Balaban J connectivity index is 4.23. The van der Waals surface area contributed by atoms with E-state index in [1.54, 1.807) is 12.2 Å². The van der Waals surface area contributed by atoms with Crippen LogP contribution in [0, 0.1) is 0 Å². The highest BCUT2D eigenvalue weighted by molar-refractivity contribution is 4.94. The highest BCUT2D eigenvalue weighted by Gasteiger charge is 2.31. The maximum absolute atomic E-state index is 9.88. The number of hydrogen-bond donors (Lipinski definition) is 2. The first-order valence-corrected chi connectivity index (χ1v) is 3.84. The monoisotopic (exact) mass is 156 g/mol. The van der Waals surface area contributed by atoms with Gasteiger partial charge in [-0.3, -0.25) is 0 Å². The molecule has 0 unspecified atom stereocenters. The molecule has 0 aliphatic rings. The molecule has 0 heterocycles. The number of hydrogen-bond acceptors (Lipinski definition) is 1. The Bertz CT molecular complexity index is 130. The van der Waals surface area contributed by atoms with Crippen LogP contribution in [0.25, 0.3) is 0 Å². The van der Waals surface area contributed by atoms with Crippen LogP contribution >= 0.6 is 0 Å². The van der Waals surface area contributed by atoms with Crippen molar-refractivity contribution in [3.05, 3.63) is 25.3 Å². The van der Waals surface area contributed by atoms with Crippen LogP contribution in [0.2, 0.25) is 0 Å². The van der Waals surface area contributed by atoms with E-state index in [9.17, 15) is 5.11 Å². The highest BCUT2D eigenvalue weighted by atomic mass is 16.3. The van der Waals surface area contributed by atoms with Crippen molar-refractivity contribution >= 4 is 0 Å². The standard InChI is InChI=1S/C9H17NO/c1-4-6-9(11,7-5-2)8(3)10/h4-5,8,11H,1-2,6-7,10H2,3H3/p+1/t8-/m1/s1. The molecule has 0 amide bonds. The summed E-state index contributed by atoms with van der Waals surface area (Å²) in [5.74, 6) is 0. The highest BCUT2D eigenvalue weighted by Crippen LogP contribution is 2.18. The van der Waals surface area contributed by atoms with Gasteiger partial charge in [-0.1, -0.05) is 12.2 Å². The van der Waals surface area contributed by atoms with E-state index in [1.807, 2.05) is 6.92 Å². The van der Waals surface area contributed by atoms with Crippen molar-refractivity contribution in [1.82, 2.24) is 0 Å². The first-order chi connectivity index (χ1) is 5.06. The Morgan fingerprint density at radius 2 is 1.82 bits per heavy atom. The third-order valence-electron chi connectivity index (χ3n) is 1.91. The van der Waals surface area contributed by atoms with Gasteiger partial charge in [-0.25, -0.2) is 0 Å². The third-order valence-corrected chi connectivity index (χ3v) is 1.91. The molecule has 2 nitrogen and oxygen atoms in total. The van der Waals surface area contributed by atoms with Crippen LogP contribution in [0.15, 0.2) is 25.3 Å². The lowest BCUT2D eigenvalue weighted by Crippen LogP contribution is -2.69. The van der Waals surface area contributed by atoms with Gasteiger partial charge in [-0.05, 0) is 19.8 Å². The molecule has 0 bridgehead atoms. The summed E-state index contributed by atoms with van der Waals surface area (Å²) in [7, 11) is 0. The minimum Gasteiger partial charge on any atom is -0.383 e. The van der Waals surface area contributed by atoms with E-state index in [2.05, 4.69) is 18.9 Å². The maximum Gasteiger partial charge on any atom is 0.122 e. The predicted octanol–water partition coefficient (Wildman–Crippen LogP) is 0.500. The lowest BCUT2D eigenvalue weighted by molar-refractivity contribution is -0.447.